The minimum Gasteiger partial charge on any atom is -0.497 e. The smallest absolute Gasteiger partial charge is 0.286 e. The molecule has 0 saturated carbocycles. The maximum Gasteiger partial charge on any atom is 0.286 e. The number of ether oxygens (including phenoxy) is 4. The van der Waals surface area contributed by atoms with Crippen LogP contribution in [0.25, 0.3) is 0 Å². The molecule has 26 heavy (non-hydrogen) atoms. The number of nitro groups is 1. The minimum atomic E-state index is -0.704. The lowest BCUT2D eigenvalue weighted by molar-refractivity contribution is -0.385. The second-order valence-corrected chi connectivity index (χ2v) is 5.00. The second kappa shape index (κ2) is 8.06. The average Bonchev–Trinajstić information content (AvgIpc) is 2.66. The zero-order valence-corrected chi connectivity index (χ0v) is 14.7. The topological polar surface area (TPSA) is 109 Å². The second-order valence-electron chi connectivity index (χ2n) is 5.00. The van der Waals surface area contributed by atoms with Crippen LogP contribution in [0.4, 0.5) is 11.4 Å². The number of benzene rings is 2. The van der Waals surface area contributed by atoms with Crippen LogP contribution in [0.15, 0.2) is 30.3 Å². The number of rotatable bonds is 7. The third-order valence-corrected chi connectivity index (χ3v) is 3.60. The Morgan fingerprint density at radius 3 is 2.08 bits per heavy atom. The van der Waals surface area contributed by atoms with Gasteiger partial charge in [0.25, 0.3) is 11.6 Å². The first-order valence-corrected chi connectivity index (χ1v) is 7.39. The largest absolute Gasteiger partial charge is 0.497 e. The van der Waals surface area contributed by atoms with Gasteiger partial charge in [-0.3, -0.25) is 14.9 Å². The van der Waals surface area contributed by atoms with E-state index in [1.54, 1.807) is 18.2 Å². The van der Waals surface area contributed by atoms with Gasteiger partial charge < -0.3 is 24.3 Å². The summed E-state index contributed by atoms with van der Waals surface area (Å²) in [5.41, 5.74) is -0.291. The van der Waals surface area contributed by atoms with Gasteiger partial charge in [0.15, 0.2) is 11.5 Å². The number of nitrogens with zero attached hydrogens (tertiary/aromatic N) is 1. The van der Waals surface area contributed by atoms with Crippen molar-refractivity contribution in [3.63, 3.8) is 0 Å². The van der Waals surface area contributed by atoms with Crippen molar-refractivity contribution in [3.05, 3.63) is 46.0 Å². The number of carbonyl (C=O) groups is 1. The maximum atomic E-state index is 12.7. The number of nitro benzene ring substituents is 1. The molecule has 0 aromatic heterocycles. The van der Waals surface area contributed by atoms with Crippen molar-refractivity contribution in [3.8, 4) is 23.0 Å². The highest BCUT2D eigenvalue weighted by Crippen LogP contribution is 2.36. The molecule has 138 valence electrons. The molecule has 0 atom stereocenters. The van der Waals surface area contributed by atoms with Crippen LogP contribution in [0.1, 0.15) is 10.4 Å². The third kappa shape index (κ3) is 3.77. The molecule has 0 spiro atoms. The van der Waals surface area contributed by atoms with E-state index in [0.717, 1.165) is 6.07 Å². The first kappa shape index (κ1) is 18.8. The molecule has 0 fully saturated rings. The lowest BCUT2D eigenvalue weighted by atomic mass is 10.1. The quantitative estimate of drug-likeness (QED) is 0.596. The molecule has 0 saturated heterocycles. The summed E-state index contributed by atoms with van der Waals surface area (Å²) in [7, 11) is 5.64. The Hall–Kier alpha value is -3.49. The summed E-state index contributed by atoms with van der Waals surface area (Å²) in [5.74, 6) is 0.505. The highest BCUT2D eigenvalue weighted by Gasteiger charge is 2.25. The molecule has 0 radical (unpaired) electrons. The molecule has 2 aromatic carbocycles. The Morgan fingerprint density at radius 1 is 0.923 bits per heavy atom. The van der Waals surface area contributed by atoms with Crippen molar-refractivity contribution in [1.82, 2.24) is 0 Å². The monoisotopic (exact) mass is 362 g/mol. The normalized spacial score (nSPS) is 10.0. The molecule has 0 aliphatic carbocycles. The lowest BCUT2D eigenvalue weighted by Gasteiger charge is -2.13. The molecule has 0 aliphatic rings. The van der Waals surface area contributed by atoms with E-state index >= 15 is 0 Å². The van der Waals surface area contributed by atoms with Gasteiger partial charge in [0, 0.05) is 12.1 Å². The standard InChI is InChI=1S/C17H18N2O7/c1-23-10-5-6-14(24-2)12(7-10)18-17(20)11-8-15(25-3)16(26-4)9-13(11)19(21)22/h5-9H,1-4H3,(H,18,20). The Balaban J connectivity index is 2.48. The first-order chi connectivity index (χ1) is 12.4. The van der Waals surface area contributed by atoms with Gasteiger partial charge in [-0.05, 0) is 12.1 Å². The predicted octanol–water partition coefficient (Wildman–Crippen LogP) is 2.88. The zero-order chi connectivity index (χ0) is 19.3. The van der Waals surface area contributed by atoms with Crippen molar-refractivity contribution in [2.75, 3.05) is 33.8 Å². The third-order valence-electron chi connectivity index (χ3n) is 3.60. The zero-order valence-electron chi connectivity index (χ0n) is 14.7. The molecular formula is C17H18N2O7. The van der Waals surface area contributed by atoms with E-state index in [-0.39, 0.29) is 17.1 Å². The molecule has 0 heterocycles. The molecule has 9 heteroatoms. The molecule has 1 amide bonds. The summed E-state index contributed by atoms with van der Waals surface area (Å²) in [6.07, 6.45) is 0. The van der Waals surface area contributed by atoms with Crippen LogP contribution in [0.3, 0.4) is 0 Å². The molecule has 2 rings (SSSR count). The van der Waals surface area contributed by atoms with E-state index in [4.69, 9.17) is 18.9 Å². The van der Waals surface area contributed by atoms with Gasteiger partial charge in [0.2, 0.25) is 0 Å². The lowest BCUT2D eigenvalue weighted by Crippen LogP contribution is -2.15. The average molecular weight is 362 g/mol. The summed E-state index contributed by atoms with van der Waals surface area (Å²) >= 11 is 0. The Labute approximate surface area is 149 Å². The summed E-state index contributed by atoms with van der Waals surface area (Å²) in [5, 5.41) is 13.9. The van der Waals surface area contributed by atoms with Crippen LogP contribution < -0.4 is 24.3 Å². The van der Waals surface area contributed by atoms with Gasteiger partial charge >= 0.3 is 0 Å². The van der Waals surface area contributed by atoms with Crippen molar-refractivity contribution >= 4 is 17.3 Å². The van der Waals surface area contributed by atoms with Crippen molar-refractivity contribution in [2.45, 2.75) is 0 Å². The highest BCUT2D eigenvalue weighted by atomic mass is 16.6. The van der Waals surface area contributed by atoms with Crippen LogP contribution in [0.2, 0.25) is 0 Å². The SMILES string of the molecule is COc1ccc(OC)c(NC(=O)c2cc(OC)c(OC)cc2[N+](=O)[O-])c1. The van der Waals surface area contributed by atoms with Crippen molar-refractivity contribution in [2.24, 2.45) is 0 Å². The fourth-order valence-corrected chi connectivity index (χ4v) is 2.30. The Morgan fingerprint density at radius 2 is 1.54 bits per heavy atom. The van der Waals surface area contributed by atoms with E-state index in [2.05, 4.69) is 5.32 Å². The van der Waals surface area contributed by atoms with E-state index in [9.17, 15) is 14.9 Å². The number of methoxy groups -OCH3 is 4. The van der Waals surface area contributed by atoms with Crippen molar-refractivity contribution in [1.29, 1.82) is 0 Å². The number of carbonyl (C=O) groups excluding carboxylic acids is 1. The Bertz CT molecular complexity index is 836. The molecule has 2 aromatic rings. The number of hydrogen-bond acceptors (Lipinski definition) is 7. The molecular weight excluding hydrogens is 344 g/mol. The number of amides is 1. The van der Waals surface area contributed by atoms with Crippen LogP contribution >= 0.6 is 0 Å². The van der Waals surface area contributed by atoms with E-state index in [0.29, 0.717) is 17.2 Å². The number of hydrogen-bond donors (Lipinski definition) is 1. The fraction of sp³-hybridized carbons (Fsp3) is 0.235. The van der Waals surface area contributed by atoms with Crippen LogP contribution in [0.5, 0.6) is 23.0 Å². The van der Waals surface area contributed by atoms with Gasteiger partial charge in [-0.25, -0.2) is 0 Å². The summed E-state index contributed by atoms with van der Waals surface area (Å²) in [6.45, 7) is 0. The molecule has 0 bridgehead atoms. The van der Waals surface area contributed by atoms with Gasteiger partial charge in [0.05, 0.1) is 45.1 Å². The van der Waals surface area contributed by atoms with Crippen molar-refractivity contribution < 1.29 is 28.7 Å². The molecule has 9 nitrogen and oxygen atoms in total. The molecule has 0 aliphatic heterocycles. The highest BCUT2D eigenvalue weighted by molar-refractivity contribution is 6.08. The van der Waals surface area contributed by atoms with E-state index < -0.39 is 16.5 Å². The minimum absolute atomic E-state index is 0.148. The molecule has 1 N–H and O–H groups in total. The summed E-state index contributed by atoms with van der Waals surface area (Å²) < 4.78 is 20.5. The van der Waals surface area contributed by atoms with Gasteiger partial charge in [0.1, 0.15) is 17.1 Å². The van der Waals surface area contributed by atoms with Gasteiger partial charge in [-0.15, -0.1) is 0 Å². The Kier molecular flexibility index (Phi) is 5.84. The van der Waals surface area contributed by atoms with E-state index in [1.807, 2.05) is 0 Å². The van der Waals surface area contributed by atoms with Crippen LogP contribution in [0, 0.1) is 10.1 Å². The summed E-state index contributed by atoms with van der Waals surface area (Å²) in [6, 6.07) is 7.20. The maximum absolute atomic E-state index is 12.7. The van der Waals surface area contributed by atoms with E-state index in [1.165, 1.54) is 34.5 Å². The van der Waals surface area contributed by atoms with Gasteiger partial charge in [-0.1, -0.05) is 0 Å². The number of nitrogens with one attached hydrogen (secondary N) is 1. The first-order valence-electron chi connectivity index (χ1n) is 7.39. The van der Waals surface area contributed by atoms with Crippen LogP contribution in [-0.4, -0.2) is 39.3 Å². The van der Waals surface area contributed by atoms with Crippen LogP contribution in [-0.2, 0) is 0 Å². The fourth-order valence-electron chi connectivity index (χ4n) is 2.30. The van der Waals surface area contributed by atoms with Gasteiger partial charge in [-0.2, -0.15) is 0 Å². The molecule has 0 unspecified atom stereocenters. The number of anilines is 1. The summed E-state index contributed by atoms with van der Waals surface area (Å²) in [4.78, 5) is 23.4. The predicted molar refractivity (Wildman–Crippen MR) is 93.7 cm³/mol.